The van der Waals surface area contributed by atoms with Gasteiger partial charge in [0.1, 0.15) is 23.2 Å². The maximum Gasteiger partial charge on any atom is 0.131 e. The molecule has 0 bridgehead atoms. The minimum atomic E-state index is -0.966. The SMILES string of the molecule is COc1ccc(F)cc1C(Cl)c1ccc(F)cc1F. The molecule has 1 atom stereocenters. The molecule has 0 heterocycles. The zero-order valence-corrected chi connectivity index (χ0v) is 10.7. The first-order valence-electron chi connectivity index (χ1n) is 5.45. The van der Waals surface area contributed by atoms with Crippen molar-refractivity contribution >= 4 is 11.6 Å². The molecule has 2 rings (SSSR count). The number of hydrogen-bond acceptors (Lipinski definition) is 1. The first-order chi connectivity index (χ1) is 9.02. The summed E-state index contributed by atoms with van der Waals surface area (Å²) < 4.78 is 44.8. The maximum atomic E-state index is 13.7. The van der Waals surface area contributed by atoms with E-state index < -0.39 is 22.8 Å². The summed E-state index contributed by atoms with van der Waals surface area (Å²) in [5.74, 6) is -1.66. The normalized spacial score (nSPS) is 12.3. The van der Waals surface area contributed by atoms with Crippen LogP contribution in [0.2, 0.25) is 0 Å². The Morgan fingerprint density at radius 2 is 1.58 bits per heavy atom. The smallest absolute Gasteiger partial charge is 0.131 e. The highest BCUT2D eigenvalue weighted by Gasteiger charge is 2.20. The van der Waals surface area contributed by atoms with Crippen molar-refractivity contribution in [2.24, 2.45) is 0 Å². The van der Waals surface area contributed by atoms with Gasteiger partial charge >= 0.3 is 0 Å². The lowest BCUT2D eigenvalue weighted by Gasteiger charge is -2.15. The lowest BCUT2D eigenvalue weighted by atomic mass is 10.0. The third-order valence-corrected chi connectivity index (χ3v) is 3.17. The lowest BCUT2D eigenvalue weighted by Crippen LogP contribution is -2.01. The quantitative estimate of drug-likeness (QED) is 0.758. The Bertz CT molecular complexity index is 601. The monoisotopic (exact) mass is 286 g/mol. The van der Waals surface area contributed by atoms with Crippen molar-refractivity contribution in [2.45, 2.75) is 5.38 Å². The van der Waals surface area contributed by atoms with Gasteiger partial charge in [0.05, 0.1) is 12.5 Å². The van der Waals surface area contributed by atoms with Crippen LogP contribution in [0, 0.1) is 17.5 Å². The summed E-state index contributed by atoms with van der Waals surface area (Å²) in [5, 5.41) is -0.966. The average molecular weight is 287 g/mol. The van der Waals surface area contributed by atoms with Gasteiger partial charge in [-0.2, -0.15) is 0 Å². The van der Waals surface area contributed by atoms with Crippen LogP contribution in [-0.4, -0.2) is 7.11 Å². The second-order valence-corrected chi connectivity index (χ2v) is 4.35. The molecular formula is C14H10ClF3O. The van der Waals surface area contributed by atoms with E-state index in [9.17, 15) is 13.2 Å². The van der Waals surface area contributed by atoms with E-state index in [1.807, 2.05) is 0 Å². The topological polar surface area (TPSA) is 9.23 Å². The fraction of sp³-hybridized carbons (Fsp3) is 0.143. The van der Waals surface area contributed by atoms with Crippen molar-refractivity contribution < 1.29 is 17.9 Å². The van der Waals surface area contributed by atoms with Gasteiger partial charge in [-0.25, -0.2) is 13.2 Å². The first-order valence-corrected chi connectivity index (χ1v) is 5.89. The van der Waals surface area contributed by atoms with Gasteiger partial charge in [0, 0.05) is 17.2 Å². The lowest BCUT2D eigenvalue weighted by molar-refractivity contribution is 0.408. The molecule has 0 amide bonds. The van der Waals surface area contributed by atoms with E-state index in [0.717, 1.165) is 12.1 Å². The molecule has 2 aromatic rings. The molecule has 0 N–H and O–H groups in total. The number of rotatable bonds is 3. The summed E-state index contributed by atoms with van der Waals surface area (Å²) in [6.45, 7) is 0. The summed E-state index contributed by atoms with van der Waals surface area (Å²) in [5.41, 5.74) is 0.349. The van der Waals surface area contributed by atoms with E-state index in [1.165, 1.54) is 31.4 Å². The zero-order valence-electron chi connectivity index (χ0n) is 9.96. The third-order valence-electron chi connectivity index (χ3n) is 2.70. The molecule has 0 spiro atoms. The van der Waals surface area contributed by atoms with Crippen LogP contribution in [0.15, 0.2) is 36.4 Å². The standard InChI is InChI=1S/C14H10ClF3O/c1-19-13-5-3-8(16)6-11(13)14(15)10-4-2-9(17)7-12(10)18/h2-7,14H,1H3. The Balaban J connectivity index is 2.49. The molecular weight excluding hydrogens is 277 g/mol. The number of ether oxygens (including phenoxy) is 1. The Kier molecular flexibility index (Phi) is 4.00. The predicted molar refractivity (Wildman–Crippen MR) is 67.0 cm³/mol. The minimum Gasteiger partial charge on any atom is -0.496 e. The van der Waals surface area contributed by atoms with Crippen LogP contribution in [0.25, 0.3) is 0 Å². The molecule has 2 aromatic carbocycles. The van der Waals surface area contributed by atoms with Crippen molar-refractivity contribution in [1.82, 2.24) is 0 Å². The van der Waals surface area contributed by atoms with Crippen molar-refractivity contribution in [3.05, 3.63) is 65.0 Å². The molecule has 100 valence electrons. The zero-order chi connectivity index (χ0) is 14.0. The van der Waals surface area contributed by atoms with E-state index in [4.69, 9.17) is 16.3 Å². The van der Waals surface area contributed by atoms with E-state index in [2.05, 4.69) is 0 Å². The minimum absolute atomic E-state index is 0.0620. The molecule has 0 aliphatic rings. The van der Waals surface area contributed by atoms with Crippen LogP contribution < -0.4 is 4.74 Å². The molecule has 0 saturated carbocycles. The average Bonchev–Trinajstić information content (AvgIpc) is 2.38. The Hall–Kier alpha value is -1.68. The second-order valence-electron chi connectivity index (χ2n) is 3.91. The van der Waals surface area contributed by atoms with Crippen LogP contribution in [0.3, 0.4) is 0 Å². The second kappa shape index (κ2) is 5.53. The molecule has 1 nitrogen and oxygen atoms in total. The Morgan fingerprint density at radius 3 is 2.21 bits per heavy atom. The summed E-state index contributed by atoms with van der Waals surface area (Å²) in [6, 6.07) is 6.84. The Morgan fingerprint density at radius 1 is 0.947 bits per heavy atom. The first kappa shape index (κ1) is 13.7. The van der Waals surface area contributed by atoms with Gasteiger partial charge in [-0.3, -0.25) is 0 Å². The maximum absolute atomic E-state index is 13.7. The molecule has 5 heteroatoms. The number of benzene rings is 2. The van der Waals surface area contributed by atoms with Crippen molar-refractivity contribution in [3.63, 3.8) is 0 Å². The molecule has 0 fully saturated rings. The van der Waals surface area contributed by atoms with E-state index in [1.54, 1.807) is 0 Å². The summed E-state index contributed by atoms with van der Waals surface area (Å²) in [6.07, 6.45) is 0. The number of alkyl halides is 1. The highest BCUT2D eigenvalue weighted by atomic mass is 35.5. The number of hydrogen-bond donors (Lipinski definition) is 0. The summed E-state index contributed by atoms with van der Waals surface area (Å²) in [7, 11) is 1.40. The van der Waals surface area contributed by atoms with Crippen LogP contribution >= 0.6 is 11.6 Å². The summed E-state index contributed by atoms with van der Waals surface area (Å²) in [4.78, 5) is 0. The van der Waals surface area contributed by atoms with E-state index in [0.29, 0.717) is 5.75 Å². The van der Waals surface area contributed by atoms with Crippen LogP contribution in [0.1, 0.15) is 16.5 Å². The number of halogens is 4. The van der Waals surface area contributed by atoms with Gasteiger partial charge in [-0.1, -0.05) is 6.07 Å². The van der Waals surface area contributed by atoms with Crippen LogP contribution in [0.4, 0.5) is 13.2 Å². The molecule has 0 aliphatic heterocycles. The van der Waals surface area contributed by atoms with Gasteiger partial charge in [0.25, 0.3) is 0 Å². The van der Waals surface area contributed by atoms with Gasteiger partial charge in [-0.05, 0) is 24.3 Å². The third kappa shape index (κ3) is 2.84. The van der Waals surface area contributed by atoms with E-state index >= 15 is 0 Å². The Labute approximate surface area is 113 Å². The van der Waals surface area contributed by atoms with Crippen molar-refractivity contribution in [1.29, 1.82) is 0 Å². The predicted octanol–water partition coefficient (Wildman–Crippen LogP) is 4.44. The molecule has 0 saturated heterocycles. The largest absolute Gasteiger partial charge is 0.496 e. The number of methoxy groups -OCH3 is 1. The summed E-state index contributed by atoms with van der Waals surface area (Å²) >= 11 is 6.14. The highest BCUT2D eigenvalue weighted by Crippen LogP contribution is 2.36. The highest BCUT2D eigenvalue weighted by molar-refractivity contribution is 6.22. The van der Waals surface area contributed by atoms with Gasteiger partial charge in [-0.15, -0.1) is 11.6 Å². The van der Waals surface area contributed by atoms with Crippen LogP contribution in [-0.2, 0) is 0 Å². The molecule has 0 radical (unpaired) electrons. The van der Waals surface area contributed by atoms with Gasteiger partial charge < -0.3 is 4.74 Å². The van der Waals surface area contributed by atoms with Gasteiger partial charge in [0.15, 0.2) is 0 Å². The fourth-order valence-corrected chi connectivity index (χ4v) is 2.13. The molecule has 1 unspecified atom stereocenters. The van der Waals surface area contributed by atoms with Crippen molar-refractivity contribution in [2.75, 3.05) is 7.11 Å². The molecule has 19 heavy (non-hydrogen) atoms. The van der Waals surface area contributed by atoms with Gasteiger partial charge in [0.2, 0.25) is 0 Å². The fourth-order valence-electron chi connectivity index (χ4n) is 1.78. The van der Waals surface area contributed by atoms with E-state index in [-0.39, 0.29) is 11.1 Å². The van der Waals surface area contributed by atoms with Crippen LogP contribution in [0.5, 0.6) is 5.75 Å². The molecule has 0 aromatic heterocycles. The molecule has 0 aliphatic carbocycles. The van der Waals surface area contributed by atoms with Crippen molar-refractivity contribution in [3.8, 4) is 5.75 Å².